The Balaban J connectivity index is 2.08. The SMILES string of the molecule is Cc1c(/C=C/[SiH](C)Oc2ccccc2C(C)N)ncn1C. The minimum absolute atomic E-state index is 0.0237. The third-order valence-corrected chi connectivity index (χ3v) is 4.88. The largest absolute Gasteiger partial charge is 0.543 e. The van der Waals surface area contributed by atoms with Gasteiger partial charge < -0.3 is 14.7 Å². The van der Waals surface area contributed by atoms with Crippen molar-refractivity contribution in [3.05, 3.63) is 53.2 Å². The summed E-state index contributed by atoms with van der Waals surface area (Å²) in [5.74, 6) is 0.897. The fourth-order valence-corrected chi connectivity index (χ4v) is 3.25. The maximum atomic E-state index is 6.11. The monoisotopic (exact) mass is 301 g/mol. The quantitative estimate of drug-likeness (QED) is 0.864. The molecule has 0 amide bonds. The van der Waals surface area contributed by atoms with E-state index in [0.29, 0.717) is 0 Å². The first-order valence-corrected chi connectivity index (χ1v) is 9.45. The van der Waals surface area contributed by atoms with Gasteiger partial charge in [-0.05, 0) is 32.5 Å². The van der Waals surface area contributed by atoms with Gasteiger partial charge in [-0.2, -0.15) is 0 Å². The zero-order chi connectivity index (χ0) is 15.4. The Morgan fingerprint density at radius 1 is 1.38 bits per heavy atom. The van der Waals surface area contributed by atoms with Crippen molar-refractivity contribution in [2.75, 3.05) is 0 Å². The normalized spacial score (nSPS) is 14.3. The molecule has 0 saturated heterocycles. The standard InChI is InChI=1S/C16H23N3OSi/c1-12(17)14-7-5-6-8-16(14)20-21(4)10-9-15-13(2)19(3)11-18-15/h5-12,21H,17H2,1-4H3/b10-9+. The smallest absolute Gasteiger partial charge is 0.257 e. The van der Waals surface area contributed by atoms with E-state index in [-0.39, 0.29) is 6.04 Å². The van der Waals surface area contributed by atoms with Crippen LogP contribution in [0, 0.1) is 6.92 Å². The van der Waals surface area contributed by atoms with Gasteiger partial charge in [0.15, 0.2) is 0 Å². The van der Waals surface area contributed by atoms with Gasteiger partial charge in [0, 0.05) is 24.3 Å². The van der Waals surface area contributed by atoms with E-state index in [2.05, 4.69) is 30.2 Å². The summed E-state index contributed by atoms with van der Waals surface area (Å²) in [5.41, 5.74) is 11.3. The molecule has 0 aliphatic rings. The average molecular weight is 301 g/mol. The first kappa shape index (κ1) is 15.5. The fourth-order valence-electron chi connectivity index (χ4n) is 2.10. The predicted octanol–water partition coefficient (Wildman–Crippen LogP) is 2.73. The Morgan fingerprint density at radius 2 is 2.10 bits per heavy atom. The Labute approximate surface area is 128 Å². The van der Waals surface area contributed by atoms with Gasteiger partial charge in [0.25, 0.3) is 9.04 Å². The van der Waals surface area contributed by atoms with Crippen LogP contribution in [-0.2, 0) is 7.05 Å². The molecule has 2 rings (SSSR count). The van der Waals surface area contributed by atoms with Crippen molar-refractivity contribution in [2.24, 2.45) is 12.8 Å². The summed E-state index contributed by atoms with van der Waals surface area (Å²) in [4.78, 5) is 4.36. The third kappa shape index (κ3) is 3.83. The van der Waals surface area contributed by atoms with Gasteiger partial charge in [-0.15, -0.1) is 0 Å². The second kappa shape index (κ2) is 6.73. The van der Waals surface area contributed by atoms with Crippen LogP contribution >= 0.6 is 0 Å². The first-order valence-electron chi connectivity index (χ1n) is 7.16. The van der Waals surface area contributed by atoms with Gasteiger partial charge in [-0.1, -0.05) is 23.9 Å². The summed E-state index contributed by atoms with van der Waals surface area (Å²) in [7, 11) is 0.531. The molecule has 0 spiro atoms. The van der Waals surface area contributed by atoms with Crippen molar-refractivity contribution in [2.45, 2.75) is 26.4 Å². The number of aromatic nitrogens is 2. The zero-order valence-electron chi connectivity index (χ0n) is 13.1. The summed E-state index contributed by atoms with van der Waals surface area (Å²) in [6, 6.07) is 7.96. The minimum atomic E-state index is -1.46. The van der Waals surface area contributed by atoms with Crippen LogP contribution in [-0.4, -0.2) is 18.6 Å². The molecule has 5 heteroatoms. The van der Waals surface area contributed by atoms with Crippen molar-refractivity contribution in [1.29, 1.82) is 0 Å². The van der Waals surface area contributed by atoms with E-state index in [9.17, 15) is 0 Å². The van der Waals surface area contributed by atoms with Crippen molar-refractivity contribution in [3.8, 4) is 5.75 Å². The van der Waals surface area contributed by atoms with Crippen LogP contribution in [0.25, 0.3) is 6.08 Å². The van der Waals surface area contributed by atoms with Gasteiger partial charge in [-0.25, -0.2) is 4.98 Å². The maximum absolute atomic E-state index is 6.11. The molecule has 2 atom stereocenters. The summed E-state index contributed by atoms with van der Waals surface area (Å²) in [6.07, 6.45) is 3.88. The number of benzene rings is 1. The van der Waals surface area contributed by atoms with Gasteiger partial charge in [0.05, 0.1) is 12.0 Å². The van der Waals surface area contributed by atoms with E-state index >= 15 is 0 Å². The topological polar surface area (TPSA) is 53.1 Å². The molecule has 1 aromatic carbocycles. The first-order chi connectivity index (χ1) is 9.99. The number of imidazole rings is 1. The molecular formula is C16H23N3OSi. The highest BCUT2D eigenvalue weighted by Gasteiger charge is 2.10. The number of nitrogens with zero attached hydrogens (tertiary/aromatic N) is 2. The summed E-state index contributed by atoms with van der Waals surface area (Å²) in [5, 5.41) is 0. The molecule has 2 N–H and O–H groups in total. The molecule has 0 saturated carbocycles. The van der Waals surface area contributed by atoms with Gasteiger partial charge in [0.1, 0.15) is 5.75 Å². The molecule has 0 bridgehead atoms. The van der Waals surface area contributed by atoms with E-state index in [1.807, 2.05) is 49.1 Å². The van der Waals surface area contributed by atoms with Gasteiger partial charge in [0.2, 0.25) is 0 Å². The summed E-state index contributed by atoms with van der Waals surface area (Å²) >= 11 is 0. The lowest BCUT2D eigenvalue weighted by Gasteiger charge is -2.16. The third-order valence-electron chi connectivity index (χ3n) is 3.52. The van der Waals surface area contributed by atoms with E-state index in [1.165, 1.54) is 0 Å². The average Bonchev–Trinajstić information content (AvgIpc) is 2.77. The highest BCUT2D eigenvalue weighted by Crippen LogP contribution is 2.24. The van der Waals surface area contributed by atoms with Crippen LogP contribution in [0.1, 0.15) is 29.9 Å². The molecule has 112 valence electrons. The van der Waals surface area contributed by atoms with Crippen molar-refractivity contribution in [3.63, 3.8) is 0 Å². The predicted molar refractivity (Wildman–Crippen MR) is 89.7 cm³/mol. The van der Waals surface area contributed by atoms with Crippen LogP contribution in [0.2, 0.25) is 6.55 Å². The maximum Gasteiger partial charge on any atom is 0.257 e. The molecule has 1 aromatic heterocycles. The van der Waals surface area contributed by atoms with Crippen molar-refractivity contribution < 1.29 is 4.43 Å². The molecule has 4 nitrogen and oxygen atoms in total. The molecule has 2 aromatic rings. The van der Waals surface area contributed by atoms with E-state index in [4.69, 9.17) is 10.2 Å². The number of nitrogens with two attached hydrogens (primary N) is 1. The number of rotatable bonds is 5. The number of aryl methyl sites for hydroxylation is 1. The Kier molecular flexibility index (Phi) is 4.98. The molecule has 0 aliphatic carbocycles. The number of hydrogen-bond acceptors (Lipinski definition) is 3. The molecule has 1 heterocycles. The molecule has 21 heavy (non-hydrogen) atoms. The second-order valence-corrected chi connectivity index (χ2v) is 7.37. The lowest BCUT2D eigenvalue weighted by Crippen LogP contribution is -2.17. The molecule has 2 unspecified atom stereocenters. The summed E-state index contributed by atoms with van der Waals surface area (Å²) < 4.78 is 8.12. The Hall–Kier alpha value is -1.85. The highest BCUT2D eigenvalue weighted by molar-refractivity contribution is 6.57. The molecular weight excluding hydrogens is 278 g/mol. The van der Waals surface area contributed by atoms with E-state index < -0.39 is 9.04 Å². The van der Waals surface area contributed by atoms with E-state index in [1.54, 1.807) is 0 Å². The molecule has 0 fully saturated rings. The highest BCUT2D eigenvalue weighted by atomic mass is 28.3. The molecule has 0 radical (unpaired) electrons. The van der Waals surface area contributed by atoms with E-state index in [0.717, 1.165) is 22.7 Å². The fraction of sp³-hybridized carbons (Fsp3) is 0.312. The van der Waals surface area contributed by atoms with Crippen LogP contribution in [0.3, 0.4) is 0 Å². The minimum Gasteiger partial charge on any atom is -0.543 e. The van der Waals surface area contributed by atoms with Crippen molar-refractivity contribution in [1.82, 2.24) is 9.55 Å². The lowest BCUT2D eigenvalue weighted by atomic mass is 10.1. The van der Waals surface area contributed by atoms with Crippen LogP contribution in [0.15, 0.2) is 36.3 Å². The van der Waals surface area contributed by atoms with Crippen LogP contribution in [0.5, 0.6) is 5.75 Å². The van der Waals surface area contributed by atoms with Gasteiger partial charge >= 0.3 is 0 Å². The van der Waals surface area contributed by atoms with Crippen LogP contribution in [0.4, 0.5) is 0 Å². The van der Waals surface area contributed by atoms with Crippen LogP contribution < -0.4 is 10.2 Å². The number of para-hydroxylation sites is 1. The van der Waals surface area contributed by atoms with Crippen molar-refractivity contribution >= 4 is 15.1 Å². The number of hydrogen-bond donors (Lipinski definition) is 1. The Bertz CT molecular complexity index is 634. The molecule has 0 aliphatic heterocycles. The zero-order valence-corrected chi connectivity index (χ0v) is 14.2. The Morgan fingerprint density at radius 3 is 2.71 bits per heavy atom. The lowest BCUT2D eigenvalue weighted by molar-refractivity contribution is 0.567. The second-order valence-electron chi connectivity index (χ2n) is 5.33. The summed E-state index contributed by atoms with van der Waals surface area (Å²) in [6.45, 7) is 6.18. The van der Waals surface area contributed by atoms with Gasteiger partial charge in [-0.3, -0.25) is 0 Å².